The van der Waals surface area contributed by atoms with Crippen LogP contribution in [0, 0.1) is 20.8 Å². The normalized spacial score (nSPS) is 12.6. The first kappa shape index (κ1) is 10.7. The van der Waals surface area contributed by atoms with Crippen molar-refractivity contribution >= 4 is 5.97 Å². The summed E-state index contributed by atoms with van der Waals surface area (Å²) in [6, 6.07) is 3.41. The molecule has 1 N–H and O–H groups in total. The molecule has 0 heterocycles. The van der Waals surface area contributed by atoms with Crippen LogP contribution in [0.1, 0.15) is 28.4 Å². The van der Waals surface area contributed by atoms with Gasteiger partial charge in [-0.25, -0.2) is 9.18 Å². The summed E-state index contributed by atoms with van der Waals surface area (Å²) < 4.78 is 13.2. The van der Waals surface area contributed by atoms with Gasteiger partial charge in [0.1, 0.15) is 0 Å². The fourth-order valence-electron chi connectivity index (χ4n) is 1.39. The molecule has 0 aliphatic heterocycles. The number of hydrogen-bond acceptors (Lipinski definition) is 1. The minimum absolute atomic E-state index is 0.251. The van der Waals surface area contributed by atoms with Crippen LogP contribution in [0.2, 0.25) is 0 Å². The van der Waals surface area contributed by atoms with Gasteiger partial charge < -0.3 is 5.11 Å². The molecule has 0 spiro atoms. The van der Waals surface area contributed by atoms with Gasteiger partial charge in [-0.2, -0.15) is 0 Å². The molecule has 0 amide bonds. The van der Waals surface area contributed by atoms with Crippen molar-refractivity contribution in [2.24, 2.45) is 0 Å². The predicted molar refractivity (Wildman–Crippen MR) is 52.1 cm³/mol. The van der Waals surface area contributed by atoms with Crippen molar-refractivity contribution in [3.63, 3.8) is 0 Å². The van der Waals surface area contributed by atoms with Crippen molar-refractivity contribution in [3.8, 4) is 0 Å². The Morgan fingerprint density at radius 2 is 1.71 bits per heavy atom. The SMILES string of the molecule is Cc1cc(C)c(C(F)C(=O)O)cc1C. The summed E-state index contributed by atoms with van der Waals surface area (Å²) >= 11 is 0. The van der Waals surface area contributed by atoms with E-state index in [1.54, 1.807) is 19.1 Å². The number of rotatable bonds is 2. The van der Waals surface area contributed by atoms with Gasteiger partial charge in [0.05, 0.1) is 0 Å². The summed E-state index contributed by atoms with van der Waals surface area (Å²) in [6.45, 7) is 5.48. The van der Waals surface area contributed by atoms with Crippen LogP contribution in [-0.2, 0) is 4.79 Å². The van der Waals surface area contributed by atoms with Crippen molar-refractivity contribution in [2.75, 3.05) is 0 Å². The fraction of sp³-hybridized carbons (Fsp3) is 0.364. The Morgan fingerprint density at radius 1 is 1.21 bits per heavy atom. The molecular weight excluding hydrogens is 183 g/mol. The van der Waals surface area contributed by atoms with Gasteiger partial charge in [0.25, 0.3) is 0 Å². The van der Waals surface area contributed by atoms with Crippen LogP contribution < -0.4 is 0 Å². The number of alkyl halides is 1. The van der Waals surface area contributed by atoms with E-state index in [2.05, 4.69) is 0 Å². The molecule has 1 rings (SSSR count). The monoisotopic (exact) mass is 196 g/mol. The molecule has 1 atom stereocenters. The van der Waals surface area contributed by atoms with E-state index in [9.17, 15) is 9.18 Å². The third-order valence-corrected chi connectivity index (χ3v) is 2.37. The largest absolute Gasteiger partial charge is 0.479 e. The van der Waals surface area contributed by atoms with Gasteiger partial charge >= 0.3 is 5.97 Å². The zero-order valence-electron chi connectivity index (χ0n) is 8.47. The van der Waals surface area contributed by atoms with E-state index in [1.165, 1.54) is 0 Å². The topological polar surface area (TPSA) is 37.3 Å². The Kier molecular flexibility index (Phi) is 2.89. The molecule has 14 heavy (non-hydrogen) atoms. The van der Waals surface area contributed by atoms with Crippen LogP contribution in [-0.4, -0.2) is 11.1 Å². The summed E-state index contributed by atoms with van der Waals surface area (Å²) in [5.74, 6) is -1.43. The number of aliphatic carboxylic acids is 1. The Hall–Kier alpha value is -1.38. The molecule has 0 radical (unpaired) electrons. The highest BCUT2D eigenvalue weighted by atomic mass is 19.1. The first-order chi connectivity index (χ1) is 6.43. The van der Waals surface area contributed by atoms with Gasteiger partial charge in [0.15, 0.2) is 0 Å². The van der Waals surface area contributed by atoms with Crippen LogP contribution >= 0.6 is 0 Å². The zero-order chi connectivity index (χ0) is 10.9. The van der Waals surface area contributed by atoms with Gasteiger partial charge in [-0.15, -0.1) is 0 Å². The Balaban J connectivity index is 3.22. The Morgan fingerprint density at radius 3 is 2.21 bits per heavy atom. The molecule has 3 heteroatoms. The number of aryl methyl sites for hydroxylation is 3. The van der Waals surface area contributed by atoms with Crippen molar-refractivity contribution in [2.45, 2.75) is 26.9 Å². The number of carboxylic acids is 1. The average Bonchev–Trinajstić information content (AvgIpc) is 2.10. The molecule has 0 aromatic heterocycles. The summed E-state index contributed by atoms with van der Waals surface area (Å²) in [4.78, 5) is 10.5. The second-order valence-corrected chi connectivity index (χ2v) is 3.49. The maximum atomic E-state index is 13.2. The van der Waals surface area contributed by atoms with Crippen LogP contribution in [0.3, 0.4) is 0 Å². The maximum absolute atomic E-state index is 13.2. The molecule has 0 fully saturated rings. The van der Waals surface area contributed by atoms with Gasteiger partial charge in [-0.1, -0.05) is 12.1 Å². The van der Waals surface area contributed by atoms with E-state index in [1.807, 2.05) is 13.8 Å². The summed E-state index contributed by atoms with van der Waals surface area (Å²) in [5.41, 5.74) is 2.89. The quantitative estimate of drug-likeness (QED) is 0.789. The standard InChI is InChI=1S/C11H13FO2/c1-6-4-8(3)9(5-7(6)2)10(12)11(13)14/h4-5,10H,1-3H3,(H,13,14). The highest BCUT2D eigenvalue weighted by Gasteiger charge is 2.20. The maximum Gasteiger partial charge on any atom is 0.343 e. The number of halogens is 1. The van der Waals surface area contributed by atoms with Crippen LogP contribution in [0.15, 0.2) is 12.1 Å². The first-order valence-electron chi connectivity index (χ1n) is 4.38. The molecule has 0 saturated heterocycles. The molecule has 0 bridgehead atoms. The van der Waals surface area contributed by atoms with E-state index in [0.717, 1.165) is 11.1 Å². The van der Waals surface area contributed by atoms with E-state index in [-0.39, 0.29) is 5.56 Å². The van der Waals surface area contributed by atoms with Crippen molar-refractivity contribution < 1.29 is 14.3 Å². The molecule has 0 aliphatic carbocycles. The minimum Gasteiger partial charge on any atom is -0.479 e. The lowest BCUT2D eigenvalue weighted by Gasteiger charge is -2.10. The molecule has 0 saturated carbocycles. The van der Waals surface area contributed by atoms with E-state index >= 15 is 0 Å². The van der Waals surface area contributed by atoms with Gasteiger partial charge in [-0.05, 0) is 37.5 Å². The molecule has 1 unspecified atom stereocenters. The van der Waals surface area contributed by atoms with E-state index < -0.39 is 12.1 Å². The first-order valence-corrected chi connectivity index (χ1v) is 4.38. The second kappa shape index (κ2) is 3.78. The zero-order valence-corrected chi connectivity index (χ0v) is 8.47. The Bertz CT molecular complexity index is 372. The average molecular weight is 196 g/mol. The summed E-state index contributed by atoms with van der Waals surface area (Å²) in [7, 11) is 0. The summed E-state index contributed by atoms with van der Waals surface area (Å²) in [5, 5.41) is 8.55. The summed E-state index contributed by atoms with van der Waals surface area (Å²) in [6.07, 6.45) is -1.92. The number of carboxylic acid groups (broad SMARTS) is 1. The molecule has 0 aliphatic rings. The molecule has 1 aromatic carbocycles. The van der Waals surface area contributed by atoms with Gasteiger partial charge in [-0.3, -0.25) is 0 Å². The highest BCUT2D eigenvalue weighted by Crippen LogP contribution is 2.24. The van der Waals surface area contributed by atoms with Gasteiger partial charge in [0, 0.05) is 5.56 Å². The number of hydrogen-bond donors (Lipinski definition) is 1. The van der Waals surface area contributed by atoms with Gasteiger partial charge in [0.2, 0.25) is 6.17 Å². The number of carbonyl (C=O) groups is 1. The van der Waals surface area contributed by atoms with Crippen molar-refractivity contribution in [1.29, 1.82) is 0 Å². The van der Waals surface area contributed by atoms with E-state index in [4.69, 9.17) is 5.11 Å². The lowest BCUT2D eigenvalue weighted by Crippen LogP contribution is -2.08. The van der Waals surface area contributed by atoms with Crippen LogP contribution in [0.4, 0.5) is 4.39 Å². The molecular formula is C11H13FO2. The second-order valence-electron chi connectivity index (χ2n) is 3.49. The smallest absolute Gasteiger partial charge is 0.343 e. The third kappa shape index (κ3) is 1.92. The van der Waals surface area contributed by atoms with Crippen molar-refractivity contribution in [1.82, 2.24) is 0 Å². The molecule has 2 nitrogen and oxygen atoms in total. The third-order valence-electron chi connectivity index (χ3n) is 2.37. The lowest BCUT2D eigenvalue weighted by molar-refractivity contribution is -0.143. The lowest BCUT2D eigenvalue weighted by atomic mass is 9.98. The highest BCUT2D eigenvalue weighted by molar-refractivity contribution is 5.75. The molecule has 1 aromatic rings. The van der Waals surface area contributed by atoms with Crippen molar-refractivity contribution in [3.05, 3.63) is 34.4 Å². The van der Waals surface area contributed by atoms with Crippen LogP contribution in [0.25, 0.3) is 0 Å². The number of benzene rings is 1. The Labute approximate surface area is 82.4 Å². The minimum atomic E-state index is -1.92. The molecule has 76 valence electrons. The van der Waals surface area contributed by atoms with E-state index in [0.29, 0.717) is 5.56 Å². The van der Waals surface area contributed by atoms with Crippen LogP contribution in [0.5, 0.6) is 0 Å². The predicted octanol–water partition coefficient (Wildman–Crippen LogP) is 2.71. The fourth-order valence-corrected chi connectivity index (χ4v) is 1.39.